The predicted molar refractivity (Wildman–Crippen MR) is 68.7 cm³/mol. The highest BCUT2D eigenvalue weighted by Crippen LogP contribution is 2.26. The molecule has 0 spiro atoms. The Kier molecular flexibility index (Phi) is 3.75. The minimum absolute atomic E-state index is 0.0462. The molecule has 98 valence electrons. The Labute approximate surface area is 107 Å². The summed E-state index contributed by atoms with van der Waals surface area (Å²) in [6.45, 7) is 2.14. The molecule has 0 saturated heterocycles. The minimum Gasteiger partial charge on any atom is -0.508 e. The van der Waals surface area contributed by atoms with Gasteiger partial charge in [0.25, 0.3) is 5.91 Å². The zero-order chi connectivity index (χ0) is 13.1. The molecule has 0 bridgehead atoms. The van der Waals surface area contributed by atoms with E-state index in [4.69, 9.17) is 0 Å². The molecule has 0 radical (unpaired) electrons. The molecule has 1 aromatic carbocycles. The van der Waals surface area contributed by atoms with Crippen LogP contribution in [-0.2, 0) is 0 Å². The highest BCUT2D eigenvalue weighted by Gasteiger charge is 2.24. The van der Waals surface area contributed by atoms with Crippen LogP contribution in [0.25, 0.3) is 0 Å². The number of hydrogen-bond acceptors (Lipinski definition) is 3. The summed E-state index contributed by atoms with van der Waals surface area (Å²) >= 11 is 0. The summed E-state index contributed by atoms with van der Waals surface area (Å²) < 4.78 is 0. The van der Waals surface area contributed by atoms with Crippen molar-refractivity contribution in [1.82, 2.24) is 5.32 Å². The number of benzene rings is 1. The fourth-order valence-electron chi connectivity index (χ4n) is 2.49. The van der Waals surface area contributed by atoms with Gasteiger partial charge in [0.1, 0.15) is 11.5 Å². The first-order valence-electron chi connectivity index (χ1n) is 6.41. The molecular formula is C14H19NO3. The molecule has 4 nitrogen and oxygen atoms in total. The predicted octanol–water partition coefficient (Wildman–Crippen LogP) is 2.41. The van der Waals surface area contributed by atoms with Gasteiger partial charge in [-0.25, -0.2) is 0 Å². The van der Waals surface area contributed by atoms with E-state index in [0.717, 1.165) is 19.3 Å². The van der Waals surface area contributed by atoms with Gasteiger partial charge in [-0.15, -0.1) is 0 Å². The second-order valence-corrected chi connectivity index (χ2v) is 5.04. The Bertz CT molecular complexity index is 445. The van der Waals surface area contributed by atoms with Crippen molar-refractivity contribution in [3.63, 3.8) is 0 Å². The average molecular weight is 249 g/mol. The molecule has 1 saturated carbocycles. The normalized spacial score (nSPS) is 23.6. The number of rotatable bonds is 2. The van der Waals surface area contributed by atoms with Crippen molar-refractivity contribution in [3.05, 3.63) is 23.8 Å². The van der Waals surface area contributed by atoms with Crippen LogP contribution < -0.4 is 5.32 Å². The van der Waals surface area contributed by atoms with Gasteiger partial charge in [0.15, 0.2) is 0 Å². The molecule has 0 aromatic heterocycles. The summed E-state index contributed by atoms with van der Waals surface area (Å²) in [4.78, 5) is 12.0. The van der Waals surface area contributed by atoms with Gasteiger partial charge >= 0.3 is 0 Å². The summed E-state index contributed by atoms with van der Waals surface area (Å²) in [6.07, 6.45) is 4.48. The highest BCUT2D eigenvalue weighted by molar-refractivity contribution is 5.97. The smallest absolute Gasteiger partial charge is 0.255 e. The maximum absolute atomic E-state index is 12.0. The van der Waals surface area contributed by atoms with E-state index in [1.807, 2.05) is 0 Å². The highest BCUT2D eigenvalue weighted by atomic mass is 16.3. The van der Waals surface area contributed by atoms with Gasteiger partial charge < -0.3 is 15.5 Å². The second kappa shape index (κ2) is 5.29. The van der Waals surface area contributed by atoms with Gasteiger partial charge in [-0.1, -0.05) is 19.8 Å². The number of phenolic OH excluding ortho intramolecular Hbond substituents is 2. The van der Waals surface area contributed by atoms with Crippen LogP contribution in [0.1, 0.15) is 43.0 Å². The largest absolute Gasteiger partial charge is 0.508 e. The number of carbonyl (C=O) groups is 1. The molecular weight excluding hydrogens is 230 g/mol. The van der Waals surface area contributed by atoms with E-state index >= 15 is 0 Å². The Morgan fingerprint density at radius 2 is 2.00 bits per heavy atom. The molecule has 1 aliphatic rings. The zero-order valence-electron chi connectivity index (χ0n) is 10.5. The summed E-state index contributed by atoms with van der Waals surface area (Å²) in [6, 6.07) is 4.20. The maximum Gasteiger partial charge on any atom is 0.255 e. The monoisotopic (exact) mass is 249 g/mol. The molecule has 1 aromatic rings. The van der Waals surface area contributed by atoms with E-state index < -0.39 is 0 Å². The molecule has 4 heteroatoms. The van der Waals surface area contributed by atoms with Crippen LogP contribution in [0.3, 0.4) is 0 Å². The lowest BCUT2D eigenvalue weighted by atomic mass is 9.86. The van der Waals surface area contributed by atoms with Gasteiger partial charge in [-0.05, 0) is 30.9 Å². The molecule has 2 unspecified atom stereocenters. The van der Waals surface area contributed by atoms with Crippen molar-refractivity contribution in [2.75, 3.05) is 0 Å². The third-order valence-corrected chi connectivity index (χ3v) is 3.65. The van der Waals surface area contributed by atoms with Crippen molar-refractivity contribution in [2.24, 2.45) is 5.92 Å². The molecule has 3 N–H and O–H groups in total. The van der Waals surface area contributed by atoms with Gasteiger partial charge in [-0.3, -0.25) is 4.79 Å². The fraction of sp³-hybridized carbons (Fsp3) is 0.500. The Hall–Kier alpha value is -1.71. The fourth-order valence-corrected chi connectivity index (χ4v) is 2.49. The van der Waals surface area contributed by atoms with Gasteiger partial charge in [-0.2, -0.15) is 0 Å². The minimum atomic E-state index is -0.272. The Morgan fingerprint density at radius 1 is 1.28 bits per heavy atom. The first-order valence-corrected chi connectivity index (χ1v) is 6.41. The third-order valence-electron chi connectivity index (χ3n) is 3.65. The standard InChI is InChI=1S/C14H19NO3/c1-9-4-2-3-5-12(9)15-14(18)11-7-6-10(16)8-13(11)17/h6-9,12,16-17H,2-5H2,1H3,(H,15,18). The number of phenols is 2. The van der Waals surface area contributed by atoms with Crippen LogP contribution in [0, 0.1) is 5.92 Å². The van der Waals surface area contributed by atoms with E-state index in [1.165, 1.54) is 24.6 Å². The van der Waals surface area contributed by atoms with Gasteiger partial charge in [0.05, 0.1) is 5.56 Å². The lowest BCUT2D eigenvalue weighted by molar-refractivity contribution is 0.0907. The summed E-state index contributed by atoms with van der Waals surface area (Å²) in [5.74, 6) is -0.0285. The summed E-state index contributed by atoms with van der Waals surface area (Å²) in [5, 5.41) is 21.8. The van der Waals surface area contributed by atoms with Gasteiger partial charge in [0.2, 0.25) is 0 Å². The van der Waals surface area contributed by atoms with E-state index in [0.29, 0.717) is 5.92 Å². The van der Waals surface area contributed by atoms with Crippen molar-refractivity contribution < 1.29 is 15.0 Å². The van der Waals surface area contributed by atoms with E-state index in [1.54, 1.807) is 0 Å². The van der Waals surface area contributed by atoms with E-state index in [2.05, 4.69) is 12.2 Å². The molecule has 0 aliphatic heterocycles. The number of nitrogens with one attached hydrogen (secondary N) is 1. The second-order valence-electron chi connectivity index (χ2n) is 5.04. The van der Waals surface area contributed by atoms with Crippen LogP contribution in [0.2, 0.25) is 0 Å². The lowest BCUT2D eigenvalue weighted by Crippen LogP contribution is -2.41. The van der Waals surface area contributed by atoms with Crippen LogP contribution in [0.5, 0.6) is 11.5 Å². The molecule has 1 amide bonds. The van der Waals surface area contributed by atoms with Crippen molar-refractivity contribution in [3.8, 4) is 11.5 Å². The van der Waals surface area contributed by atoms with Crippen LogP contribution in [0.4, 0.5) is 0 Å². The van der Waals surface area contributed by atoms with Gasteiger partial charge in [0, 0.05) is 12.1 Å². The molecule has 18 heavy (non-hydrogen) atoms. The van der Waals surface area contributed by atoms with E-state index in [9.17, 15) is 15.0 Å². The Morgan fingerprint density at radius 3 is 2.67 bits per heavy atom. The molecule has 2 rings (SSSR count). The maximum atomic E-state index is 12.0. The van der Waals surface area contributed by atoms with Crippen LogP contribution in [0.15, 0.2) is 18.2 Å². The molecule has 1 aliphatic carbocycles. The first-order chi connectivity index (χ1) is 8.58. The summed E-state index contributed by atoms with van der Waals surface area (Å²) in [7, 11) is 0. The third kappa shape index (κ3) is 2.75. The quantitative estimate of drug-likeness (QED) is 0.753. The Balaban J connectivity index is 2.07. The topological polar surface area (TPSA) is 69.6 Å². The van der Waals surface area contributed by atoms with Crippen molar-refractivity contribution >= 4 is 5.91 Å². The molecule has 2 atom stereocenters. The SMILES string of the molecule is CC1CCCCC1NC(=O)c1ccc(O)cc1O. The van der Waals surface area contributed by atoms with Crippen LogP contribution >= 0.6 is 0 Å². The van der Waals surface area contributed by atoms with Crippen molar-refractivity contribution in [2.45, 2.75) is 38.6 Å². The number of aromatic hydroxyl groups is 2. The number of carbonyl (C=O) groups excluding carboxylic acids is 1. The first kappa shape index (κ1) is 12.7. The number of hydrogen-bond donors (Lipinski definition) is 3. The van der Waals surface area contributed by atoms with Crippen LogP contribution in [-0.4, -0.2) is 22.2 Å². The zero-order valence-corrected chi connectivity index (χ0v) is 10.5. The summed E-state index contributed by atoms with van der Waals surface area (Å²) in [5.41, 5.74) is 0.213. The number of amides is 1. The lowest BCUT2D eigenvalue weighted by Gasteiger charge is -2.29. The molecule has 0 heterocycles. The van der Waals surface area contributed by atoms with E-state index in [-0.39, 0.29) is 29.0 Å². The average Bonchev–Trinajstić information content (AvgIpc) is 2.32. The van der Waals surface area contributed by atoms with Crippen molar-refractivity contribution in [1.29, 1.82) is 0 Å². The molecule has 1 fully saturated rings.